The largest absolute Gasteiger partial charge is 0.497 e. The maximum atomic E-state index is 13.3. The van der Waals surface area contributed by atoms with Crippen molar-refractivity contribution in [1.82, 2.24) is 14.7 Å². The number of carbonyl (C=O) groups is 3. The van der Waals surface area contributed by atoms with E-state index in [0.717, 1.165) is 79.0 Å². The number of aliphatic hydroxyl groups is 4. The zero-order valence-electron chi connectivity index (χ0n) is 57.9. The SMILES string of the molecule is C#CC#CC#CC#CC#CC#CC#CC.CC[C@]12C=CCN3CC[C@@]4(c5ccc(OC)cc5N(C)[C@H]4[C@@](O)(CO)[C@@H]1O)[C@@H]32.CC[C@]12C=CCN3CC[C@@]4(c5ccc(OC)cc5N(C)[C@H]4[C@@](O)(COC(=O)c4ccc(OC)cc4)[C@@H]1OC(C)=O)[C@@H]32.COc1ccc(C(=O)N2CCSC2=S)cc1. The summed E-state index contributed by atoms with van der Waals surface area (Å²) in [5, 5.41) is 46.8. The Morgan fingerprint density at radius 3 is 1.51 bits per heavy atom. The zero-order valence-corrected chi connectivity index (χ0v) is 59.6. The number of thiocarbonyl (C=S) groups is 1. The molecule has 0 aromatic heterocycles. The molecular weight excluding hydrogens is 1300 g/mol. The fourth-order valence-corrected chi connectivity index (χ4v) is 18.9. The van der Waals surface area contributed by atoms with Crippen LogP contribution in [-0.4, -0.2) is 199 Å². The first-order chi connectivity index (χ1) is 48.2. The fourth-order valence-electron chi connectivity index (χ4n) is 17.7. The number of thioether (sulfide) groups is 1. The van der Waals surface area contributed by atoms with Crippen LogP contribution in [0.5, 0.6) is 23.0 Å². The Balaban J connectivity index is 0.000000158. The molecule has 7 heterocycles. The van der Waals surface area contributed by atoms with Gasteiger partial charge in [-0.2, -0.15) is 0 Å². The van der Waals surface area contributed by atoms with Gasteiger partial charge in [-0.05, 0) is 189 Å². The molecule has 100 heavy (non-hydrogen) atoms. The van der Waals surface area contributed by atoms with E-state index in [0.29, 0.717) is 40.6 Å². The van der Waals surface area contributed by atoms with Crippen molar-refractivity contribution in [3.63, 3.8) is 0 Å². The number of carbonyl (C=O) groups excluding carboxylic acids is 3. The highest BCUT2D eigenvalue weighted by atomic mass is 32.2. The van der Waals surface area contributed by atoms with E-state index in [4.69, 9.17) is 47.1 Å². The molecule has 9 aliphatic rings. The number of fused-ring (bicyclic) bond motifs is 2. The molecule has 4 aromatic rings. The lowest BCUT2D eigenvalue weighted by Crippen LogP contribution is -2.80. The Kier molecular flexibility index (Phi) is 22.5. The summed E-state index contributed by atoms with van der Waals surface area (Å²) in [6.07, 6.45) is 14.4. The molecule has 4 N–H and O–H groups in total. The van der Waals surface area contributed by atoms with E-state index in [9.17, 15) is 34.8 Å². The lowest BCUT2D eigenvalue weighted by Gasteiger charge is -2.64. The van der Waals surface area contributed by atoms with Crippen LogP contribution in [0.1, 0.15) is 85.2 Å². The fraction of sp³-hybridized carbons (Fsp3) is 0.425. The maximum absolute atomic E-state index is 13.3. The first-order valence-electron chi connectivity index (χ1n) is 33.1. The van der Waals surface area contributed by atoms with Gasteiger partial charge in [0.2, 0.25) is 0 Å². The minimum atomic E-state index is -1.74. The second kappa shape index (κ2) is 30.7. The van der Waals surface area contributed by atoms with Gasteiger partial charge in [-0.25, -0.2) is 4.79 Å². The van der Waals surface area contributed by atoms with Crippen molar-refractivity contribution in [2.24, 2.45) is 10.8 Å². The van der Waals surface area contributed by atoms with Crippen LogP contribution in [-0.2, 0) is 25.1 Å². The summed E-state index contributed by atoms with van der Waals surface area (Å²) in [6, 6.07) is 25.0. The van der Waals surface area contributed by atoms with Crippen molar-refractivity contribution in [1.29, 1.82) is 0 Å². The summed E-state index contributed by atoms with van der Waals surface area (Å²) >= 11 is 6.66. The number of anilines is 2. The molecule has 7 aliphatic heterocycles. The van der Waals surface area contributed by atoms with Gasteiger partial charge in [0.05, 0.1) is 58.8 Å². The van der Waals surface area contributed by atoms with Crippen molar-refractivity contribution in [3.8, 4) is 106 Å². The molecule has 4 aromatic carbocycles. The lowest BCUT2D eigenvalue weighted by atomic mass is 9.48. The predicted molar refractivity (Wildman–Crippen MR) is 389 cm³/mol. The Bertz CT molecular complexity index is 4330. The highest BCUT2D eigenvalue weighted by molar-refractivity contribution is 8.23. The number of terminal acetylenes is 1. The van der Waals surface area contributed by atoms with Gasteiger partial charge in [-0.15, -0.1) is 6.42 Å². The van der Waals surface area contributed by atoms with Crippen LogP contribution >= 0.6 is 24.0 Å². The predicted octanol–water partition coefficient (Wildman–Crippen LogP) is 7.05. The monoisotopic (exact) mass is 1390 g/mol. The molecule has 13 rings (SSSR count). The molecule has 0 radical (unpaired) electrons. The van der Waals surface area contributed by atoms with Crippen molar-refractivity contribution in [2.45, 2.75) is 112 Å². The number of esters is 2. The van der Waals surface area contributed by atoms with Crippen molar-refractivity contribution < 1.29 is 63.2 Å². The summed E-state index contributed by atoms with van der Waals surface area (Å²) in [5.74, 6) is 34.6. The molecular formula is C80H83N5O13S2. The third-order valence-corrected chi connectivity index (χ3v) is 22.8. The van der Waals surface area contributed by atoms with E-state index >= 15 is 0 Å². The third kappa shape index (κ3) is 12.7. The number of methoxy groups -OCH3 is 4. The topological polar surface area (TPSA) is 204 Å². The molecule has 2 spiro atoms. The number of benzene rings is 4. The molecule has 1 amide bonds. The molecule has 3 saturated heterocycles. The number of hydrogen-bond donors (Lipinski definition) is 4. The standard InChI is InChI=1S/C32H38N2O7.C22H30N2O4.C15H4.C11H11NO2S2/c1-6-30-14-7-16-34-17-15-31(27(30)34)24-13-12-23(39-5)18-25(24)33(3)28(31)32(37,29(30)41-20(2)35)19-40-26(36)21-8-10-22(38-4)11-9-21;1-4-20-8-5-10-24-11-9-21(17(20)24)15-7-6-14(28-3)12-16(15)23(2)18(21)22(27,13-25)19(20)26;1-3-5-7-9-11-13-15-14-12-10-8-6-4-2;1-14-9-4-2-8(3-5-9)10(13)12-6-7-16-11(12)15/h7-14,18,27-29,37H,6,15-17,19H2,1-5H3;5-8,12,17-19,25-27H,4,9-11,13H2,1-3H3;1H,2H3;2-5H,6-7H2,1H3/t27-,28+,29+,30+,31+,32-;17-,18+,19+,20+,21+,22-;;/m00../s1. The van der Waals surface area contributed by atoms with Gasteiger partial charge in [0.25, 0.3) is 5.91 Å². The first-order valence-corrected chi connectivity index (χ1v) is 34.5. The summed E-state index contributed by atoms with van der Waals surface area (Å²) < 4.78 is 34.0. The summed E-state index contributed by atoms with van der Waals surface area (Å²) in [4.78, 5) is 48.7. The van der Waals surface area contributed by atoms with Gasteiger partial charge in [-0.1, -0.05) is 80.2 Å². The lowest BCUT2D eigenvalue weighted by molar-refractivity contribution is -0.228. The van der Waals surface area contributed by atoms with Crippen LogP contribution in [0.4, 0.5) is 11.4 Å². The maximum Gasteiger partial charge on any atom is 0.338 e. The number of ether oxygens (including phenoxy) is 6. The zero-order chi connectivity index (χ0) is 71.8. The second-order valence-corrected chi connectivity index (χ2v) is 27.5. The van der Waals surface area contributed by atoms with Crippen LogP contribution in [0.15, 0.2) is 109 Å². The highest BCUT2D eigenvalue weighted by Gasteiger charge is 2.79. The van der Waals surface area contributed by atoms with E-state index in [-0.39, 0.29) is 30.0 Å². The van der Waals surface area contributed by atoms with Crippen molar-refractivity contribution in [3.05, 3.63) is 131 Å². The number of nitrogens with zero attached hydrogens (tertiary/aromatic N) is 5. The van der Waals surface area contributed by atoms with E-state index < -0.39 is 70.3 Å². The quantitative estimate of drug-likeness (QED) is 0.0486. The van der Waals surface area contributed by atoms with Gasteiger partial charge in [0.1, 0.15) is 45.6 Å². The molecule has 518 valence electrons. The number of hydrogen-bond acceptors (Lipinski definition) is 19. The van der Waals surface area contributed by atoms with Crippen LogP contribution in [0.2, 0.25) is 0 Å². The molecule has 20 heteroatoms. The smallest absolute Gasteiger partial charge is 0.338 e. The number of likely N-dealkylation sites (N-methyl/N-ethyl adjacent to an activating group) is 2. The van der Waals surface area contributed by atoms with E-state index in [1.54, 1.807) is 101 Å². The van der Waals surface area contributed by atoms with Gasteiger partial charge in [-0.3, -0.25) is 24.3 Å². The molecule has 12 atom stereocenters. The van der Waals surface area contributed by atoms with Gasteiger partial charge < -0.3 is 58.6 Å². The summed E-state index contributed by atoms with van der Waals surface area (Å²) in [5.41, 5.74) is -0.229. The van der Waals surface area contributed by atoms with Crippen LogP contribution < -0.4 is 28.7 Å². The van der Waals surface area contributed by atoms with Gasteiger partial charge in [0, 0.05) is 109 Å². The second-order valence-electron chi connectivity index (χ2n) is 25.8. The summed E-state index contributed by atoms with van der Waals surface area (Å²) in [7, 11) is 10.4. The average molecular weight is 1390 g/mol. The molecule has 18 nitrogen and oxygen atoms in total. The van der Waals surface area contributed by atoms with E-state index in [2.05, 4.69) is 147 Å². The molecule has 5 fully saturated rings. The van der Waals surface area contributed by atoms with E-state index in [1.807, 2.05) is 38.4 Å². The number of aliphatic hydroxyl groups excluding tert-OH is 2. The van der Waals surface area contributed by atoms with Gasteiger partial charge >= 0.3 is 11.9 Å². The molecule has 0 unspecified atom stereocenters. The Hall–Kier alpha value is -9.31. The van der Waals surface area contributed by atoms with E-state index in [1.165, 1.54) is 12.5 Å². The average Bonchev–Trinajstić information content (AvgIpc) is 1.47. The van der Waals surface area contributed by atoms with Crippen molar-refractivity contribution >= 4 is 57.5 Å². The minimum Gasteiger partial charge on any atom is -0.497 e. The number of amides is 1. The first kappa shape index (κ1) is 73.4. The Morgan fingerprint density at radius 2 is 1.07 bits per heavy atom. The number of rotatable bonds is 12. The Morgan fingerprint density at radius 1 is 0.620 bits per heavy atom. The Labute approximate surface area is 596 Å². The molecule has 2 saturated carbocycles. The van der Waals surface area contributed by atoms with Crippen molar-refractivity contribution in [2.75, 3.05) is 104 Å². The minimum absolute atomic E-state index is 0.0300. The normalized spacial score (nSPS) is 28.8. The van der Waals surface area contributed by atoms with Crippen LogP contribution in [0.3, 0.4) is 0 Å². The third-order valence-electron chi connectivity index (χ3n) is 21.4. The summed E-state index contributed by atoms with van der Waals surface area (Å²) in [6.45, 7) is 10.5. The molecule has 0 bridgehead atoms. The highest BCUT2D eigenvalue weighted by Crippen LogP contribution is 2.69. The molecule has 2 aliphatic carbocycles. The van der Waals surface area contributed by atoms with Crippen LogP contribution in [0.25, 0.3) is 0 Å². The van der Waals surface area contributed by atoms with Gasteiger partial charge in [0.15, 0.2) is 5.60 Å². The van der Waals surface area contributed by atoms with Crippen LogP contribution in [0, 0.1) is 94.2 Å².